The molecule has 0 saturated heterocycles. The lowest BCUT2D eigenvalue weighted by Gasteiger charge is -2.34. The topological polar surface area (TPSA) is 25.2 Å². The fourth-order valence-electron chi connectivity index (χ4n) is 8.54. The minimum absolute atomic E-state index is 0.0357. The van der Waals surface area contributed by atoms with Crippen molar-refractivity contribution in [1.82, 2.24) is 4.98 Å². The van der Waals surface area contributed by atoms with Crippen LogP contribution >= 0.6 is 0 Å². The quantitative estimate of drug-likeness (QED) is 0.106. The first-order valence-electron chi connectivity index (χ1n) is 20.6. The van der Waals surface area contributed by atoms with Gasteiger partial charge in [0.15, 0.2) is 0 Å². The van der Waals surface area contributed by atoms with Crippen LogP contribution in [0.2, 0.25) is 0 Å². The molecule has 0 aliphatic heterocycles. The summed E-state index contributed by atoms with van der Waals surface area (Å²) in [5.74, 6) is 0. The van der Waals surface area contributed by atoms with Gasteiger partial charge in [-0.25, -0.2) is 4.99 Å². The van der Waals surface area contributed by atoms with Crippen LogP contribution in [0.5, 0.6) is 0 Å². The number of pyridine rings is 1. The van der Waals surface area contributed by atoms with E-state index in [1.54, 1.807) is 0 Å². The average Bonchev–Trinajstić information content (AvgIpc) is 3.55. The molecule has 7 aromatic rings. The Morgan fingerprint density at radius 1 is 0.542 bits per heavy atom. The summed E-state index contributed by atoms with van der Waals surface area (Å²) >= 11 is 0. The van der Waals surface area contributed by atoms with Crippen molar-refractivity contribution in [3.05, 3.63) is 246 Å². The standard InChI is InChI=1S/C57H52N2/c1-9-51(42-21-13-10-14-22-42)58-52(37-39(2)40-29-31-41(32-30-40)46-35-36-53(55(3,4)5)59-54(46)56(6,7)8)43-33-34-48-47-27-19-20-28-49(47)57(50(48)38-43,44-23-15-11-16-24-44)45-25-17-12-18-26-45/h9-38H,1-2H2,3-8H3/b52-37-,58-51?. The first-order chi connectivity index (χ1) is 28.4. The van der Waals surface area contributed by atoms with Gasteiger partial charge in [0.25, 0.3) is 0 Å². The van der Waals surface area contributed by atoms with Crippen molar-refractivity contribution in [2.75, 3.05) is 0 Å². The number of benzene rings is 6. The van der Waals surface area contributed by atoms with Gasteiger partial charge in [-0.15, -0.1) is 0 Å². The number of rotatable bonds is 9. The van der Waals surface area contributed by atoms with Crippen LogP contribution in [0.15, 0.2) is 200 Å². The summed E-state index contributed by atoms with van der Waals surface area (Å²) in [7, 11) is 0. The first kappa shape index (κ1) is 39.2. The maximum Gasteiger partial charge on any atom is 0.0715 e. The van der Waals surface area contributed by atoms with E-state index in [2.05, 4.69) is 212 Å². The zero-order valence-corrected chi connectivity index (χ0v) is 35.1. The Hall–Kier alpha value is -6.64. The van der Waals surface area contributed by atoms with Gasteiger partial charge in [-0.05, 0) is 74.4 Å². The van der Waals surface area contributed by atoms with Gasteiger partial charge in [0.05, 0.1) is 22.5 Å². The highest BCUT2D eigenvalue weighted by atomic mass is 14.8. The molecule has 0 spiro atoms. The summed E-state index contributed by atoms with van der Waals surface area (Å²) in [5.41, 5.74) is 16.7. The molecular formula is C57H52N2. The Balaban J connectivity index is 1.28. The van der Waals surface area contributed by atoms with Crippen molar-refractivity contribution in [3.63, 3.8) is 0 Å². The van der Waals surface area contributed by atoms with Crippen LogP contribution in [-0.4, -0.2) is 10.7 Å². The van der Waals surface area contributed by atoms with E-state index in [0.717, 1.165) is 56.2 Å². The van der Waals surface area contributed by atoms with E-state index < -0.39 is 5.41 Å². The fraction of sp³-hybridized carbons (Fsp3) is 0.158. The van der Waals surface area contributed by atoms with Gasteiger partial charge in [-0.3, -0.25) is 4.98 Å². The van der Waals surface area contributed by atoms with Crippen LogP contribution in [-0.2, 0) is 16.2 Å². The highest BCUT2D eigenvalue weighted by molar-refractivity contribution is 6.11. The van der Waals surface area contributed by atoms with E-state index in [9.17, 15) is 0 Å². The van der Waals surface area contributed by atoms with Gasteiger partial charge in [-0.2, -0.15) is 0 Å². The molecule has 0 atom stereocenters. The molecule has 0 N–H and O–H groups in total. The second-order valence-corrected chi connectivity index (χ2v) is 17.6. The molecule has 0 unspecified atom stereocenters. The Bertz CT molecular complexity index is 2680. The normalized spacial score (nSPS) is 13.7. The molecular weight excluding hydrogens is 713 g/mol. The lowest BCUT2D eigenvalue weighted by Crippen LogP contribution is -2.28. The van der Waals surface area contributed by atoms with E-state index >= 15 is 0 Å². The van der Waals surface area contributed by atoms with E-state index in [0.29, 0.717) is 0 Å². The minimum atomic E-state index is -0.529. The van der Waals surface area contributed by atoms with Crippen molar-refractivity contribution < 1.29 is 0 Å². The SMILES string of the molecule is C=CC(=N/C(=C\C(=C)c1ccc(-c2ccc(C(C)(C)C)nc2C(C)(C)C)cc1)c1ccc2c(c1)C(c1ccccc1)(c1ccccc1)c1ccccc1-2)c1ccccc1. The van der Waals surface area contributed by atoms with E-state index in [1.807, 2.05) is 24.3 Å². The van der Waals surface area contributed by atoms with Crippen molar-refractivity contribution in [3.8, 4) is 22.3 Å². The van der Waals surface area contributed by atoms with Gasteiger partial charge in [0, 0.05) is 33.2 Å². The summed E-state index contributed by atoms with van der Waals surface area (Å²) < 4.78 is 0. The number of hydrogen-bond acceptors (Lipinski definition) is 2. The number of hydrogen-bond donors (Lipinski definition) is 0. The molecule has 1 heterocycles. The summed E-state index contributed by atoms with van der Waals surface area (Å²) in [6.45, 7) is 22.2. The van der Waals surface area contributed by atoms with Gasteiger partial charge >= 0.3 is 0 Å². The van der Waals surface area contributed by atoms with Crippen molar-refractivity contribution in [2.45, 2.75) is 57.8 Å². The third-order valence-electron chi connectivity index (χ3n) is 11.5. The molecule has 6 aromatic carbocycles. The van der Waals surface area contributed by atoms with Crippen LogP contribution in [0.4, 0.5) is 0 Å². The molecule has 1 aliphatic rings. The second-order valence-electron chi connectivity index (χ2n) is 17.6. The average molecular weight is 765 g/mol. The largest absolute Gasteiger partial charge is 0.256 e. The predicted octanol–water partition coefficient (Wildman–Crippen LogP) is 14.4. The number of fused-ring (bicyclic) bond motifs is 3. The van der Waals surface area contributed by atoms with Gasteiger partial charge in [0.1, 0.15) is 0 Å². The first-order valence-corrected chi connectivity index (χ1v) is 20.6. The summed E-state index contributed by atoms with van der Waals surface area (Å²) in [4.78, 5) is 10.6. The highest BCUT2D eigenvalue weighted by Gasteiger charge is 2.46. The number of nitrogens with zero attached hydrogens (tertiary/aromatic N) is 2. The van der Waals surface area contributed by atoms with Crippen LogP contribution in [0.3, 0.4) is 0 Å². The maximum absolute atomic E-state index is 5.39. The van der Waals surface area contributed by atoms with E-state index in [-0.39, 0.29) is 10.8 Å². The molecule has 0 saturated carbocycles. The molecule has 1 aliphatic carbocycles. The lowest BCUT2D eigenvalue weighted by molar-refractivity contribution is 0.532. The van der Waals surface area contributed by atoms with Crippen LogP contribution in [0.25, 0.3) is 33.5 Å². The summed E-state index contributed by atoms with van der Waals surface area (Å²) in [6.07, 6.45) is 3.96. The van der Waals surface area contributed by atoms with Crippen LogP contribution in [0, 0.1) is 0 Å². The molecule has 0 fully saturated rings. The molecule has 2 heteroatoms. The molecule has 0 radical (unpaired) electrons. The lowest BCUT2D eigenvalue weighted by atomic mass is 9.67. The third-order valence-corrected chi connectivity index (χ3v) is 11.5. The number of aliphatic imine (C=N–C) groups is 1. The zero-order valence-electron chi connectivity index (χ0n) is 35.1. The molecule has 0 amide bonds. The van der Waals surface area contributed by atoms with Gasteiger partial charge < -0.3 is 0 Å². The Kier molecular flexibility index (Phi) is 10.4. The van der Waals surface area contributed by atoms with Gasteiger partial charge in [0.2, 0.25) is 0 Å². The molecule has 1 aromatic heterocycles. The number of aromatic nitrogens is 1. The minimum Gasteiger partial charge on any atom is -0.256 e. The molecule has 59 heavy (non-hydrogen) atoms. The van der Waals surface area contributed by atoms with E-state index in [1.165, 1.54) is 33.4 Å². The molecule has 290 valence electrons. The summed E-state index contributed by atoms with van der Waals surface area (Å²) in [5, 5.41) is 0. The van der Waals surface area contributed by atoms with Crippen molar-refractivity contribution >= 4 is 17.0 Å². The van der Waals surface area contributed by atoms with Crippen LogP contribution < -0.4 is 0 Å². The maximum atomic E-state index is 5.39. The van der Waals surface area contributed by atoms with Crippen molar-refractivity contribution in [1.29, 1.82) is 0 Å². The second kappa shape index (κ2) is 15.6. The monoisotopic (exact) mass is 764 g/mol. The smallest absolute Gasteiger partial charge is 0.0715 e. The highest BCUT2D eigenvalue weighted by Crippen LogP contribution is 2.56. The van der Waals surface area contributed by atoms with E-state index in [4.69, 9.17) is 9.98 Å². The predicted molar refractivity (Wildman–Crippen MR) is 251 cm³/mol. The summed E-state index contributed by atoms with van der Waals surface area (Å²) in [6, 6.07) is 60.9. The Morgan fingerprint density at radius 2 is 1.08 bits per heavy atom. The Morgan fingerprint density at radius 3 is 1.68 bits per heavy atom. The molecule has 0 bridgehead atoms. The Labute approximate surface area is 351 Å². The third kappa shape index (κ3) is 7.36. The fourth-order valence-corrected chi connectivity index (χ4v) is 8.54. The number of allylic oxidation sites excluding steroid dienone is 3. The van der Waals surface area contributed by atoms with Crippen LogP contribution in [0.1, 0.15) is 91.9 Å². The molecule has 2 nitrogen and oxygen atoms in total. The van der Waals surface area contributed by atoms with Gasteiger partial charge in [-0.1, -0.05) is 212 Å². The zero-order chi connectivity index (χ0) is 41.4. The molecule has 8 rings (SSSR count). The van der Waals surface area contributed by atoms with Crippen molar-refractivity contribution in [2.24, 2.45) is 4.99 Å².